The fourth-order valence-electron chi connectivity index (χ4n) is 2.07. The van der Waals surface area contributed by atoms with Crippen molar-refractivity contribution in [3.8, 4) is 0 Å². The van der Waals surface area contributed by atoms with E-state index in [1.165, 1.54) is 17.2 Å². The number of aromatic nitrogens is 1. The van der Waals surface area contributed by atoms with E-state index >= 15 is 0 Å². The molecule has 1 atom stereocenters. The Kier molecular flexibility index (Phi) is 4.52. The van der Waals surface area contributed by atoms with E-state index in [4.69, 9.17) is 0 Å². The highest BCUT2D eigenvalue weighted by Gasteiger charge is 2.21. The van der Waals surface area contributed by atoms with Gasteiger partial charge in [-0.05, 0) is 25.1 Å². The molecule has 0 aliphatic heterocycles. The molecule has 0 aliphatic carbocycles. The lowest BCUT2D eigenvalue weighted by Crippen LogP contribution is -2.30. The Morgan fingerprint density at radius 3 is 2.57 bits per heavy atom. The molecular weight excluding hydrogens is 269 g/mol. The minimum atomic E-state index is -0.359. The standard InChI is InChI=1S/C16H18FN3O/c1-11(13-6-4-5-7-14(13)17)20(3)16(21)12-8-9-15(18-2)19-10-12/h4-11H,1-3H3,(H,18,19). The Morgan fingerprint density at radius 1 is 1.29 bits per heavy atom. The molecule has 1 amide bonds. The summed E-state index contributed by atoms with van der Waals surface area (Å²) < 4.78 is 13.8. The monoisotopic (exact) mass is 287 g/mol. The molecule has 0 bridgehead atoms. The number of carbonyl (C=O) groups excluding carboxylic acids is 1. The van der Waals surface area contributed by atoms with Crippen molar-refractivity contribution >= 4 is 11.7 Å². The van der Waals surface area contributed by atoms with Crippen LogP contribution in [0.15, 0.2) is 42.6 Å². The van der Waals surface area contributed by atoms with Crippen LogP contribution in [0.2, 0.25) is 0 Å². The van der Waals surface area contributed by atoms with E-state index in [-0.39, 0.29) is 17.8 Å². The maximum Gasteiger partial charge on any atom is 0.255 e. The topological polar surface area (TPSA) is 45.2 Å². The van der Waals surface area contributed by atoms with Crippen LogP contribution in [0.4, 0.5) is 10.2 Å². The zero-order valence-corrected chi connectivity index (χ0v) is 12.3. The molecular formula is C16H18FN3O. The van der Waals surface area contributed by atoms with Crippen molar-refractivity contribution in [1.82, 2.24) is 9.88 Å². The lowest BCUT2D eigenvalue weighted by molar-refractivity contribution is 0.0740. The Bertz CT molecular complexity index is 628. The molecule has 1 unspecified atom stereocenters. The molecule has 1 N–H and O–H groups in total. The van der Waals surface area contributed by atoms with Gasteiger partial charge in [-0.3, -0.25) is 4.79 Å². The number of benzene rings is 1. The van der Waals surface area contributed by atoms with Crippen molar-refractivity contribution in [2.45, 2.75) is 13.0 Å². The van der Waals surface area contributed by atoms with E-state index in [2.05, 4.69) is 10.3 Å². The van der Waals surface area contributed by atoms with Crippen molar-refractivity contribution in [3.63, 3.8) is 0 Å². The highest BCUT2D eigenvalue weighted by Crippen LogP contribution is 2.23. The zero-order chi connectivity index (χ0) is 15.4. The zero-order valence-electron chi connectivity index (χ0n) is 12.3. The third kappa shape index (κ3) is 3.18. The quantitative estimate of drug-likeness (QED) is 0.940. The van der Waals surface area contributed by atoms with Crippen LogP contribution in [0.3, 0.4) is 0 Å². The van der Waals surface area contributed by atoms with Gasteiger partial charge >= 0.3 is 0 Å². The summed E-state index contributed by atoms with van der Waals surface area (Å²) in [5, 5.41) is 2.89. The van der Waals surface area contributed by atoms with Crippen molar-refractivity contribution < 1.29 is 9.18 Å². The molecule has 1 aromatic carbocycles. The van der Waals surface area contributed by atoms with Gasteiger partial charge in [0.15, 0.2) is 0 Å². The van der Waals surface area contributed by atoms with Crippen LogP contribution in [0.5, 0.6) is 0 Å². The molecule has 2 rings (SSSR count). The summed E-state index contributed by atoms with van der Waals surface area (Å²) in [6.07, 6.45) is 1.51. The van der Waals surface area contributed by atoms with E-state index in [1.54, 1.807) is 51.4 Å². The summed E-state index contributed by atoms with van der Waals surface area (Å²) in [6.45, 7) is 1.80. The highest BCUT2D eigenvalue weighted by molar-refractivity contribution is 5.94. The van der Waals surface area contributed by atoms with Gasteiger partial charge in [0.1, 0.15) is 11.6 Å². The van der Waals surface area contributed by atoms with Gasteiger partial charge in [-0.15, -0.1) is 0 Å². The van der Waals surface area contributed by atoms with Gasteiger partial charge in [0, 0.05) is 25.9 Å². The molecule has 2 aromatic rings. The maximum atomic E-state index is 13.8. The number of halogens is 1. The molecule has 0 saturated heterocycles. The number of nitrogens with zero attached hydrogens (tertiary/aromatic N) is 2. The summed E-state index contributed by atoms with van der Waals surface area (Å²) in [6, 6.07) is 9.55. The number of nitrogens with one attached hydrogen (secondary N) is 1. The van der Waals surface area contributed by atoms with Crippen LogP contribution in [0.25, 0.3) is 0 Å². The Hall–Kier alpha value is -2.43. The first-order valence-corrected chi connectivity index (χ1v) is 6.70. The SMILES string of the molecule is CNc1ccc(C(=O)N(C)C(C)c2ccccc2F)cn1. The average Bonchev–Trinajstić information content (AvgIpc) is 2.53. The minimum Gasteiger partial charge on any atom is -0.373 e. The number of pyridine rings is 1. The first-order valence-electron chi connectivity index (χ1n) is 6.70. The van der Waals surface area contributed by atoms with Crippen molar-refractivity contribution in [2.75, 3.05) is 19.4 Å². The van der Waals surface area contributed by atoms with Crippen molar-refractivity contribution in [3.05, 3.63) is 59.5 Å². The molecule has 1 heterocycles. The smallest absolute Gasteiger partial charge is 0.255 e. The fourth-order valence-corrected chi connectivity index (χ4v) is 2.07. The fraction of sp³-hybridized carbons (Fsp3) is 0.250. The largest absolute Gasteiger partial charge is 0.373 e. The average molecular weight is 287 g/mol. The Morgan fingerprint density at radius 2 is 2.00 bits per heavy atom. The molecule has 1 aromatic heterocycles. The van der Waals surface area contributed by atoms with Gasteiger partial charge in [0.2, 0.25) is 0 Å². The number of hydrogen-bond acceptors (Lipinski definition) is 3. The number of rotatable bonds is 4. The van der Waals surface area contributed by atoms with Gasteiger partial charge in [0.25, 0.3) is 5.91 Å². The van der Waals surface area contributed by atoms with E-state index < -0.39 is 0 Å². The normalized spacial score (nSPS) is 11.8. The summed E-state index contributed by atoms with van der Waals surface area (Å²) in [4.78, 5) is 18.0. The van der Waals surface area contributed by atoms with E-state index in [1.807, 2.05) is 0 Å². The molecule has 110 valence electrons. The second-order valence-electron chi connectivity index (χ2n) is 4.80. The first kappa shape index (κ1) is 15.0. The van der Waals surface area contributed by atoms with Crippen LogP contribution < -0.4 is 5.32 Å². The summed E-state index contributed by atoms with van der Waals surface area (Å²) in [5.41, 5.74) is 0.966. The van der Waals surface area contributed by atoms with Gasteiger partial charge in [-0.25, -0.2) is 9.37 Å². The Labute approximate surface area is 123 Å². The number of anilines is 1. The lowest BCUT2D eigenvalue weighted by Gasteiger charge is -2.25. The van der Waals surface area contributed by atoms with E-state index in [0.717, 1.165) is 0 Å². The second-order valence-corrected chi connectivity index (χ2v) is 4.80. The molecule has 0 radical (unpaired) electrons. The second kappa shape index (κ2) is 6.35. The molecule has 5 heteroatoms. The van der Waals surface area contributed by atoms with E-state index in [0.29, 0.717) is 16.9 Å². The minimum absolute atomic E-state index is 0.194. The molecule has 0 aliphatic rings. The summed E-state index contributed by atoms with van der Waals surface area (Å²) >= 11 is 0. The predicted molar refractivity (Wildman–Crippen MR) is 80.7 cm³/mol. The first-order chi connectivity index (χ1) is 10.0. The molecule has 21 heavy (non-hydrogen) atoms. The van der Waals surface area contributed by atoms with Crippen LogP contribution in [0, 0.1) is 5.82 Å². The summed E-state index contributed by atoms with van der Waals surface area (Å²) in [5.74, 6) is 0.186. The van der Waals surface area contributed by atoms with Crippen molar-refractivity contribution in [2.24, 2.45) is 0 Å². The lowest BCUT2D eigenvalue weighted by atomic mass is 10.1. The Balaban J connectivity index is 2.20. The maximum absolute atomic E-state index is 13.8. The third-order valence-corrected chi connectivity index (χ3v) is 3.52. The summed E-state index contributed by atoms with van der Waals surface area (Å²) in [7, 11) is 3.42. The van der Waals surface area contributed by atoms with Crippen LogP contribution in [-0.4, -0.2) is 29.9 Å². The van der Waals surface area contributed by atoms with Gasteiger partial charge < -0.3 is 10.2 Å². The molecule has 0 spiro atoms. The third-order valence-electron chi connectivity index (χ3n) is 3.52. The highest BCUT2D eigenvalue weighted by atomic mass is 19.1. The van der Waals surface area contributed by atoms with Crippen LogP contribution in [0.1, 0.15) is 28.9 Å². The molecule has 4 nitrogen and oxygen atoms in total. The van der Waals surface area contributed by atoms with E-state index in [9.17, 15) is 9.18 Å². The van der Waals surface area contributed by atoms with Crippen molar-refractivity contribution in [1.29, 1.82) is 0 Å². The molecule has 0 saturated carbocycles. The van der Waals surface area contributed by atoms with Crippen LogP contribution in [-0.2, 0) is 0 Å². The van der Waals surface area contributed by atoms with Gasteiger partial charge in [-0.2, -0.15) is 0 Å². The molecule has 0 fully saturated rings. The van der Waals surface area contributed by atoms with Gasteiger partial charge in [0.05, 0.1) is 11.6 Å². The number of amides is 1. The van der Waals surface area contributed by atoms with Gasteiger partial charge in [-0.1, -0.05) is 18.2 Å². The number of carbonyl (C=O) groups is 1. The van der Waals surface area contributed by atoms with Crippen LogP contribution >= 0.6 is 0 Å². The number of hydrogen-bond donors (Lipinski definition) is 1. The predicted octanol–water partition coefficient (Wildman–Crippen LogP) is 3.10.